The Balaban J connectivity index is 1.73. The maximum Gasteiger partial charge on any atom is 0.420 e. The Hall–Kier alpha value is -2.41. The van der Waals surface area contributed by atoms with E-state index < -0.39 is 17.5 Å². The Labute approximate surface area is 138 Å². The fraction of sp³-hybridized carbons (Fsp3) is 0.125. The Morgan fingerprint density at radius 3 is 2.83 bits per heavy atom. The van der Waals surface area contributed by atoms with E-state index in [0.717, 1.165) is 0 Å². The number of aromatic nitrogens is 1. The van der Waals surface area contributed by atoms with Crippen LogP contribution in [0, 0.1) is 5.82 Å². The number of oxazole rings is 1. The van der Waals surface area contributed by atoms with Gasteiger partial charge in [0.15, 0.2) is 5.58 Å². The second kappa shape index (κ2) is 6.37. The van der Waals surface area contributed by atoms with Gasteiger partial charge in [-0.2, -0.15) is 0 Å². The largest absolute Gasteiger partial charge is 0.459 e. The second-order valence-electron chi connectivity index (χ2n) is 4.80. The third kappa shape index (κ3) is 3.19. The Morgan fingerprint density at radius 1 is 1.22 bits per heavy atom. The van der Waals surface area contributed by atoms with Crippen LogP contribution >= 0.6 is 15.9 Å². The number of nitrogens with zero attached hydrogens (tertiary/aromatic N) is 1. The fourth-order valence-corrected chi connectivity index (χ4v) is 2.56. The fourth-order valence-electron chi connectivity index (χ4n) is 2.16. The number of rotatable bonds is 4. The lowest BCUT2D eigenvalue weighted by atomic mass is 10.2. The number of esters is 1. The van der Waals surface area contributed by atoms with Crippen molar-refractivity contribution < 1.29 is 18.3 Å². The van der Waals surface area contributed by atoms with Crippen LogP contribution < -0.4 is 5.76 Å². The molecular formula is C16H11BrFNO4. The first-order valence-electron chi connectivity index (χ1n) is 6.73. The minimum absolute atomic E-state index is 0.214. The predicted octanol–water partition coefficient (Wildman–Crippen LogP) is 3.24. The summed E-state index contributed by atoms with van der Waals surface area (Å²) in [6.07, 6.45) is 0. The maximum absolute atomic E-state index is 13.8. The minimum atomic E-state index is -0.655. The van der Waals surface area contributed by atoms with E-state index in [-0.39, 0.29) is 18.7 Å². The van der Waals surface area contributed by atoms with Gasteiger partial charge in [-0.25, -0.2) is 9.18 Å². The molecule has 3 rings (SSSR count). The molecule has 5 nitrogen and oxygen atoms in total. The summed E-state index contributed by atoms with van der Waals surface area (Å²) in [4.78, 5) is 23.7. The third-order valence-corrected chi connectivity index (χ3v) is 3.89. The van der Waals surface area contributed by atoms with E-state index >= 15 is 0 Å². The van der Waals surface area contributed by atoms with E-state index in [2.05, 4.69) is 15.9 Å². The van der Waals surface area contributed by atoms with E-state index in [1.165, 1.54) is 10.6 Å². The van der Waals surface area contributed by atoms with E-state index in [1.807, 2.05) is 0 Å². The Morgan fingerprint density at radius 2 is 2.00 bits per heavy atom. The highest BCUT2D eigenvalue weighted by Crippen LogP contribution is 2.19. The van der Waals surface area contributed by atoms with Gasteiger partial charge in [0.05, 0.1) is 9.99 Å². The lowest BCUT2D eigenvalue weighted by Crippen LogP contribution is -2.21. The van der Waals surface area contributed by atoms with E-state index in [9.17, 15) is 14.0 Å². The molecule has 0 radical (unpaired) electrons. The normalized spacial score (nSPS) is 10.9. The van der Waals surface area contributed by atoms with Gasteiger partial charge in [-0.15, -0.1) is 0 Å². The number of hydrogen-bond donors (Lipinski definition) is 0. The van der Waals surface area contributed by atoms with Crippen molar-refractivity contribution in [1.82, 2.24) is 4.57 Å². The average molecular weight is 380 g/mol. The topological polar surface area (TPSA) is 61.4 Å². The molecule has 23 heavy (non-hydrogen) atoms. The summed E-state index contributed by atoms with van der Waals surface area (Å²) in [6.45, 7) is -0.514. The summed E-state index contributed by atoms with van der Waals surface area (Å²) >= 11 is 3.07. The molecule has 1 heterocycles. The molecule has 1 aromatic heterocycles. The first kappa shape index (κ1) is 15.5. The van der Waals surface area contributed by atoms with Crippen molar-refractivity contribution >= 4 is 33.0 Å². The van der Waals surface area contributed by atoms with Crippen molar-refractivity contribution in [2.75, 3.05) is 0 Å². The molecule has 118 valence electrons. The SMILES string of the molecule is O=C(Cn1c(=O)oc2ccccc21)OCc1cccc(Br)c1F. The molecule has 0 fully saturated rings. The summed E-state index contributed by atoms with van der Waals surface area (Å²) in [6, 6.07) is 11.5. The van der Waals surface area contributed by atoms with Crippen LogP contribution in [0.15, 0.2) is 56.1 Å². The van der Waals surface area contributed by atoms with E-state index in [0.29, 0.717) is 15.6 Å². The minimum Gasteiger partial charge on any atom is -0.459 e. The number of ether oxygens (including phenoxy) is 1. The zero-order valence-corrected chi connectivity index (χ0v) is 13.4. The molecule has 0 N–H and O–H groups in total. The average Bonchev–Trinajstić information content (AvgIpc) is 2.85. The number of para-hydroxylation sites is 2. The van der Waals surface area contributed by atoms with Crippen LogP contribution in [0.5, 0.6) is 0 Å². The van der Waals surface area contributed by atoms with E-state index in [1.54, 1.807) is 36.4 Å². The Kier molecular flexibility index (Phi) is 4.29. The number of carbonyl (C=O) groups excluding carboxylic acids is 1. The third-order valence-electron chi connectivity index (χ3n) is 3.28. The van der Waals surface area contributed by atoms with Gasteiger partial charge in [-0.1, -0.05) is 24.3 Å². The second-order valence-corrected chi connectivity index (χ2v) is 5.65. The van der Waals surface area contributed by atoms with Gasteiger partial charge in [0, 0.05) is 5.56 Å². The van der Waals surface area contributed by atoms with Crippen LogP contribution in [0.3, 0.4) is 0 Å². The summed E-state index contributed by atoms with van der Waals surface area (Å²) in [5.41, 5.74) is 1.14. The number of carbonyl (C=O) groups is 1. The van der Waals surface area contributed by atoms with Crippen LogP contribution in [-0.2, 0) is 22.7 Å². The van der Waals surface area contributed by atoms with E-state index in [4.69, 9.17) is 9.15 Å². The van der Waals surface area contributed by atoms with Crippen molar-refractivity contribution in [2.24, 2.45) is 0 Å². The van der Waals surface area contributed by atoms with Gasteiger partial charge in [0.1, 0.15) is 19.0 Å². The maximum atomic E-state index is 13.8. The highest BCUT2D eigenvalue weighted by molar-refractivity contribution is 9.10. The van der Waals surface area contributed by atoms with Crippen LogP contribution in [0.25, 0.3) is 11.1 Å². The van der Waals surface area contributed by atoms with Crippen LogP contribution in [0.4, 0.5) is 4.39 Å². The van der Waals surface area contributed by atoms with Crippen molar-refractivity contribution in [3.05, 3.63) is 68.9 Å². The molecule has 0 unspecified atom stereocenters. The number of benzene rings is 2. The number of hydrogen-bond acceptors (Lipinski definition) is 4. The molecule has 0 saturated carbocycles. The standard InChI is InChI=1S/C16H11BrFNO4/c17-11-5-3-4-10(15(11)18)9-22-14(20)8-19-12-6-1-2-7-13(12)23-16(19)21/h1-7H,8-9H2. The van der Waals surface area contributed by atoms with Crippen molar-refractivity contribution in [1.29, 1.82) is 0 Å². The summed E-state index contributed by atoms with van der Waals surface area (Å²) < 4.78 is 25.3. The highest BCUT2D eigenvalue weighted by Gasteiger charge is 2.14. The molecule has 0 amide bonds. The van der Waals surface area contributed by atoms with Crippen molar-refractivity contribution in [2.45, 2.75) is 13.2 Å². The van der Waals surface area contributed by atoms with Gasteiger partial charge in [0.2, 0.25) is 0 Å². The smallest absolute Gasteiger partial charge is 0.420 e. The van der Waals surface area contributed by atoms with Crippen LogP contribution in [-0.4, -0.2) is 10.5 Å². The zero-order valence-electron chi connectivity index (χ0n) is 11.8. The van der Waals surface area contributed by atoms with Gasteiger partial charge in [-0.05, 0) is 34.1 Å². The molecule has 2 aromatic carbocycles. The monoisotopic (exact) mass is 379 g/mol. The summed E-state index contributed by atoms with van der Waals surface area (Å²) in [5.74, 6) is -1.78. The molecule has 0 aliphatic heterocycles. The first-order chi connectivity index (χ1) is 11.1. The number of fused-ring (bicyclic) bond motifs is 1. The zero-order chi connectivity index (χ0) is 16.4. The number of halogens is 2. The Bertz CT molecular complexity index is 931. The highest BCUT2D eigenvalue weighted by atomic mass is 79.9. The lowest BCUT2D eigenvalue weighted by Gasteiger charge is -2.07. The molecule has 0 aliphatic carbocycles. The van der Waals surface area contributed by atoms with Crippen molar-refractivity contribution in [3.8, 4) is 0 Å². The quantitative estimate of drug-likeness (QED) is 0.652. The van der Waals surface area contributed by atoms with Crippen molar-refractivity contribution in [3.63, 3.8) is 0 Å². The predicted molar refractivity (Wildman–Crippen MR) is 84.4 cm³/mol. The summed E-state index contributed by atoms with van der Waals surface area (Å²) in [7, 11) is 0. The van der Waals surface area contributed by atoms with Gasteiger partial charge >= 0.3 is 11.7 Å². The lowest BCUT2D eigenvalue weighted by molar-refractivity contribution is -0.145. The first-order valence-corrected chi connectivity index (χ1v) is 7.52. The molecule has 0 atom stereocenters. The van der Waals surface area contributed by atoms with Gasteiger partial charge in [0.25, 0.3) is 0 Å². The molecule has 0 spiro atoms. The van der Waals surface area contributed by atoms with Gasteiger partial charge in [-0.3, -0.25) is 9.36 Å². The molecule has 3 aromatic rings. The molecule has 0 bridgehead atoms. The van der Waals surface area contributed by atoms with Crippen LogP contribution in [0.2, 0.25) is 0 Å². The summed E-state index contributed by atoms with van der Waals surface area (Å²) in [5, 5.41) is 0. The molecule has 0 saturated heterocycles. The molecule has 7 heteroatoms. The molecular weight excluding hydrogens is 369 g/mol. The molecule has 0 aliphatic rings. The van der Waals surface area contributed by atoms with Gasteiger partial charge < -0.3 is 9.15 Å². The van der Waals surface area contributed by atoms with Crippen LogP contribution in [0.1, 0.15) is 5.56 Å².